The number of pyridine rings is 1. The molecule has 0 saturated carbocycles. The fraction of sp³-hybridized carbons (Fsp3) is 0.125. The Morgan fingerprint density at radius 3 is 2.75 bits per heavy atom. The number of hydrogen-bond donors (Lipinski definition) is 0. The summed E-state index contributed by atoms with van der Waals surface area (Å²) in [5.41, 5.74) is 4.35. The summed E-state index contributed by atoms with van der Waals surface area (Å²) in [6.07, 6.45) is 4.67. The van der Waals surface area contributed by atoms with Gasteiger partial charge in [0.1, 0.15) is 0 Å². The van der Waals surface area contributed by atoms with Crippen LogP contribution in [-0.4, -0.2) is 20.8 Å². The van der Waals surface area contributed by atoms with Crippen LogP contribution in [0.2, 0.25) is 0 Å². The molecule has 2 aromatic heterocycles. The molecule has 7 nitrogen and oxygen atoms in total. The van der Waals surface area contributed by atoms with Crippen molar-refractivity contribution in [3.8, 4) is 0 Å². The van der Waals surface area contributed by atoms with Crippen LogP contribution in [0.15, 0.2) is 66.9 Å². The second-order valence-corrected chi connectivity index (χ2v) is 8.33. The Morgan fingerprint density at radius 2 is 2.00 bits per heavy atom. The van der Waals surface area contributed by atoms with Crippen molar-refractivity contribution in [2.75, 3.05) is 4.90 Å². The van der Waals surface area contributed by atoms with Gasteiger partial charge >= 0.3 is 0 Å². The van der Waals surface area contributed by atoms with E-state index in [4.69, 9.17) is 4.98 Å². The largest absolute Gasteiger partial charge is 0.278 e. The Hall–Kier alpha value is -3.91. The number of thiazole rings is 1. The number of aromatic nitrogens is 2. The number of rotatable bonds is 6. The molecule has 2 aromatic carbocycles. The molecule has 0 aliphatic heterocycles. The summed E-state index contributed by atoms with van der Waals surface area (Å²) in [7, 11) is 0. The van der Waals surface area contributed by atoms with Crippen LogP contribution in [0.1, 0.15) is 22.4 Å². The van der Waals surface area contributed by atoms with Crippen molar-refractivity contribution < 1.29 is 9.72 Å². The molecular formula is C24H20N4O3S. The fourth-order valence-electron chi connectivity index (χ4n) is 3.37. The third-order valence-electron chi connectivity index (χ3n) is 4.85. The molecule has 0 saturated heterocycles. The molecule has 0 aliphatic carbocycles. The van der Waals surface area contributed by atoms with Crippen LogP contribution in [0.3, 0.4) is 0 Å². The van der Waals surface area contributed by atoms with Gasteiger partial charge in [-0.05, 0) is 54.8 Å². The number of benzene rings is 2. The van der Waals surface area contributed by atoms with Crippen LogP contribution in [0.25, 0.3) is 16.3 Å². The molecule has 1 amide bonds. The van der Waals surface area contributed by atoms with Gasteiger partial charge in [-0.2, -0.15) is 0 Å². The number of hydrogen-bond acceptors (Lipinski definition) is 6. The Kier molecular flexibility index (Phi) is 6.04. The summed E-state index contributed by atoms with van der Waals surface area (Å²) in [5.74, 6) is -0.282. The van der Waals surface area contributed by atoms with Crippen molar-refractivity contribution in [3.63, 3.8) is 0 Å². The van der Waals surface area contributed by atoms with Crippen molar-refractivity contribution in [2.45, 2.75) is 20.4 Å². The number of non-ortho nitro benzene ring substituents is 1. The van der Waals surface area contributed by atoms with Gasteiger partial charge in [0.25, 0.3) is 11.6 Å². The van der Waals surface area contributed by atoms with Gasteiger partial charge < -0.3 is 0 Å². The summed E-state index contributed by atoms with van der Waals surface area (Å²) >= 11 is 1.46. The highest BCUT2D eigenvalue weighted by atomic mass is 32.1. The molecule has 0 atom stereocenters. The lowest BCUT2D eigenvalue weighted by Gasteiger charge is -2.17. The third-order valence-corrected chi connectivity index (χ3v) is 6.08. The lowest BCUT2D eigenvalue weighted by molar-refractivity contribution is -0.384. The van der Waals surface area contributed by atoms with Crippen LogP contribution >= 0.6 is 11.3 Å². The smallest absolute Gasteiger partial charge is 0.270 e. The summed E-state index contributed by atoms with van der Waals surface area (Å²) in [4.78, 5) is 34.4. The van der Waals surface area contributed by atoms with Crippen molar-refractivity contribution in [1.29, 1.82) is 0 Å². The van der Waals surface area contributed by atoms with E-state index < -0.39 is 4.92 Å². The molecule has 0 spiro atoms. The first kappa shape index (κ1) is 21.3. The highest BCUT2D eigenvalue weighted by molar-refractivity contribution is 7.22. The average Bonchev–Trinajstić information content (AvgIpc) is 3.21. The maximum atomic E-state index is 13.2. The summed E-state index contributed by atoms with van der Waals surface area (Å²) in [5, 5.41) is 11.6. The summed E-state index contributed by atoms with van der Waals surface area (Å²) in [6.45, 7) is 4.31. The minimum absolute atomic E-state index is 0.0260. The first-order valence-electron chi connectivity index (χ1n) is 9.92. The third kappa shape index (κ3) is 4.70. The number of amides is 1. The fourth-order valence-corrected chi connectivity index (χ4v) is 4.39. The molecule has 8 heteroatoms. The van der Waals surface area contributed by atoms with Gasteiger partial charge in [0.15, 0.2) is 5.13 Å². The van der Waals surface area contributed by atoms with Gasteiger partial charge in [0.05, 0.1) is 27.4 Å². The van der Waals surface area contributed by atoms with Crippen LogP contribution in [0.4, 0.5) is 10.8 Å². The monoisotopic (exact) mass is 444 g/mol. The van der Waals surface area contributed by atoms with E-state index >= 15 is 0 Å². The van der Waals surface area contributed by atoms with Gasteiger partial charge in [-0.3, -0.25) is 24.8 Å². The number of fused-ring (bicyclic) bond motifs is 1. The van der Waals surface area contributed by atoms with Gasteiger partial charge in [0.2, 0.25) is 0 Å². The van der Waals surface area contributed by atoms with E-state index in [-0.39, 0.29) is 18.1 Å². The maximum Gasteiger partial charge on any atom is 0.270 e. The Morgan fingerprint density at radius 1 is 1.16 bits per heavy atom. The Bertz CT molecular complexity index is 1330. The standard InChI is InChI=1S/C24H20N4O3S/c1-16-12-17(2)23-21(13-16)26-24(32-23)27(15-19-7-3-4-11-25-19)22(29)10-9-18-6-5-8-20(14-18)28(30)31/h3-14H,15H2,1-2H3/b10-9+. The van der Waals surface area contributed by atoms with Gasteiger partial charge in [0, 0.05) is 24.4 Å². The second kappa shape index (κ2) is 9.07. The molecule has 0 unspecified atom stereocenters. The predicted octanol–water partition coefficient (Wildman–Crippen LogP) is 5.46. The molecule has 0 radical (unpaired) electrons. The molecule has 0 bridgehead atoms. The number of anilines is 1. The first-order chi connectivity index (χ1) is 15.4. The van der Waals surface area contributed by atoms with Crippen molar-refractivity contribution >= 4 is 44.4 Å². The quantitative estimate of drug-likeness (QED) is 0.224. The van der Waals surface area contributed by atoms with Crippen molar-refractivity contribution in [2.24, 2.45) is 0 Å². The SMILES string of the molecule is Cc1cc(C)c2sc(N(Cc3ccccn3)C(=O)/C=C/c3cccc([N+](=O)[O-])c3)nc2c1. The molecule has 0 aliphatic rings. The first-order valence-corrected chi connectivity index (χ1v) is 10.7. The van der Waals surface area contributed by atoms with Crippen LogP contribution in [0.5, 0.6) is 0 Å². The number of nitrogens with zero attached hydrogens (tertiary/aromatic N) is 4. The van der Waals surface area contributed by atoms with E-state index in [0.29, 0.717) is 10.7 Å². The summed E-state index contributed by atoms with van der Waals surface area (Å²) < 4.78 is 1.03. The zero-order valence-electron chi connectivity index (χ0n) is 17.6. The number of carbonyl (C=O) groups is 1. The molecule has 0 fully saturated rings. The minimum Gasteiger partial charge on any atom is -0.278 e. The van der Waals surface area contributed by atoms with Gasteiger partial charge in [-0.1, -0.05) is 35.6 Å². The van der Waals surface area contributed by atoms with Crippen LogP contribution in [0, 0.1) is 24.0 Å². The summed E-state index contributed by atoms with van der Waals surface area (Å²) in [6, 6.07) is 15.8. The number of aryl methyl sites for hydroxylation is 2. The molecule has 32 heavy (non-hydrogen) atoms. The molecule has 4 aromatic rings. The number of nitro benzene ring substituents is 1. The van der Waals surface area contributed by atoms with E-state index in [2.05, 4.69) is 11.1 Å². The molecule has 4 rings (SSSR count). The predicted molar refractivity (Wildman–Crippen MR) is 127 cm³/mol. The number of nitro groups is 1. The Balaban J connectivity index is 1.69. The van der Waals surface area contributed by atoms with E-state index in [0.717, 1.165) is 27.0 Å². The topological polar surface area (TPSA) is 89.2 Å². The lowest BCUT2D eigenvalue weighted by Crippen LogP contribution is -2.29. The van der Waals surface area contributed by atoms with Crippen LogP contribution < -0.4 is 4.90 Å². The normalized spacial score (nSPS) is 11.2. The van der Waals surface area contributed by atoms with E-state index in [1.165, 1.54) is 29.5 Å². The van der Waals surface area contributed by atoms with E-state index in [9.17, 15) is 14.9 Å². The van der Waals surface area contributed by atoms with Crippen molar-refractivity contribution in [3.05, 3.63) is 99.4 Å². The van der Waals surface area contributed by atoms with E-state index in [1.54, 1.807) is 29.3 Å². The lowest BCUT2D eigenvalue weighted by atomic mass is 10.1. The Labute approximate surface area is 188 Å². The zero-order valence-corrected chi connectivity index (χ0v) is 18.4. The zero-order chi connectivity index (χ0) is 22.7. The van der Waals surface area contributed by atoms with Crippen LogP contribution in [-0.2, 0) is 11.3 Å². The highest BCUT2D eigenvalue weighted by Crippen LogP contribution is 2.33. The molecule has 2 heterocycles. The molecular weight excluding hydrogens is 424 g/mol. The minimum atomic E-state index is -0.460. The highest BCUT2D eigenvalue weighted by Gasteiger charge is 2.20. The van der Waals surface area contributed by atoms with E-state index in [1.807, 2.05) is 38.1 Å². The average molecular weight is 445 g/mol. The second-order valence-electron chi connectivity index (χ2n) is 7.36. The van der Waals surface area contributed by atoms with Crippen molar-refractivity contribution in [1.82, 2.24) is 9.97 Å². The van der Waals surface area contributed by atoms with Gasteiger partial charge in [-0.25, -0.2) is 4.98 Å². The molecule has 0 N–H and O–H groups in total. The number of carbonyl (C=O) groups excluding carboxylic acids is 1. The molecule has 160 valence electrons. The van der Waals surface area contributed by atoms with Gasteiger partial charge in [-0.15, -0.1) is 0 Å². The maximum absolute atomic E-state index is 13.2.